The zero-order valence-electron chi connectivity index (χ0n) is 20.1. The van der Waals surface area contributed by atoms with E-state index in [-0.39, 0.29) is 24.0 Å². The number of guanidine groups is 1. The lowest BCUT2D eigenvalue weighted by molar-refractivity contribution is 0.312. The number of rotatable bonds is 9. The van der Waals surface area contributed by atoms with Crippen LogP contribution in [0.5, 0.6) is 11.5 Å². The molecule has 0 spiro atoms. The minimum atomic E-state index is 0. The van der Waals surface area contributed by atoms with Crippen LogP contribution < -0.4 is 25.0 Å². The quantitative estimate of drug-likeness (QED) is 0.274. The third-order valence-electron chi connectivity index (χ3n) is 5.58. The predicted molar refractivity (Wildman–Crippen MR) is 145 cm³/mol. The second-order valence-corrected chi connectivity index (χ2v) is 7.84. The molecule has 0 bridgehead atoms. The largest absolute Gasteiger partial charge is 0.493 e. The molecule has 1 aliphatic heterocycles. The Morgan fingerprint density at radius 2 is 1.82 bits per heavy atom. The van der Waals surface area contributed by atoms with Crippen LogP contribution in [0.3, 0.4) is 0 Å². The van der Waals surface area contributed by atoms with E-state index in [1.807, 2.05) is 24.4 Å². The highest BCUT2D eigenvalue weighted by Gasteiger charge is 2.17. The van der Waals surface area contributed by atoms with Gasteiger partial charge in [-0.15, -0.1) is 24.0 Å². The van der Waals surface area contributed by atoms with Gasteiger partial charge in [-0.1, -0.05) is 12.1 Å². The van der Waals surface area contributed by atoms with Crippen molar-refractivity contribution in [1.29, 1.82) is 0 Å². The summed E-state index contributed by atoms with van der Waals surface area (Å²) < 4.78 is 10.7. The van der Waals surface area contributed by atoms with Gasteiger partial charge in [-0.05, 0) is 44.2 Å². The number of ether oxygens (including phenoxy) is 2. The number of aromatic nitrogens is 1. The number of hydrogen-bond donors (Lipinski definition) is 2. The molecule has 3 rings (SSSR count). The van der Waals surface area contributed by atoms with E-state index < -0.39 is 0 Å². The molecule has 0 aliphatic carbocycles. The van der Waals surface area contributed by atoms with E-state index in [9.17, 15) is 0 Å². The molecule has 1 aliphatic rings. The van der Waals surface area contributed by atoms with Crippen molar-refractivity contribution in [3.8, 4) is 11.5 Å². The van der Waals surface area contributed by atoms with Crippen molar-refractivity contribution in [3.05, 3.63) is 47.7 Å². The fourth-order valence-corrected chi connectivity index (χ4v) is 3.72. The number of piperazine rings is 1. The molecular formula is C24H37IN6O2. The Kier molecular flexibility index (Phi) is 11.5. The first kappa shape index (κ1) is 27.0. The number of pyridine rings is 1. The molecule has 182 valence electrons. The summed E-state index contributed by atoms with van der Waals surface area (Å²) in [5, 5.41) is 6.77. The van der Waals surface area contributed by atoms with Crippen molar-refractivity contribution >= 4 is 35.8 Å². The van der Waals surface area contributed by atoms with E-state index in [0.29, 0.717) is 6.54 Å². The van der Waals surface area contributed by atoms with E-state index in [2.05, 4.69) is 51.5 Å². The Labute approximate surface area is 214 Å². The first-order valence-corrected chi connectivity index (χ1v) is 11.2. The lowest BCUT2D eigenvalue weighted by atomic mass is 10.1. The highest BCUT2D eigenvalue weighted by molar-refractivity contribution is 14.0. The topological polar surface area (TPSA) is 74.3 Å². The number of benzene rings is 1. The molecule has 2 N–H and O–H groups in total. The molecule has 2 heterocycles. The van der Waals surface area contributed by atoms with Gasteiger partial charge in [0.05, 0.1) is 20.8 Å². The van der Waals surface area contributed by atoms with Gasteiger partial charge in [0.25, 0.3) is 0 Å². The first-order chi connectivity index (χ1) is 15.6. The first-order valence-electron chi connectivity index (χ1n) is 11.2. The summed E-state index contributed by atoms with van der Waals surface area (Å²) >= 11 is 0. The smallest absolute Gasteiger partial charge is 0.191 e. The van der Waals surface area contributed by atoms with Crippen LogP contribution >= 0.6 is 24.0 Å². The van der Waals surface area contributed by atoms with Crippen molar-refractivity contribution < 1.29 is 9.47 Å². The molecule has 0 atom stereocenters. The zero-order chi connectivity index (χ0) is 22.8. The van der Waals surface area contributed by atoms with Crippen LogP contribution in [0.2, 0.25) is 0 Å². The van der Waals surface area contributed by atoms with Gasteiger partial charge >= 0.3 is 0 Å². The molecule has 9 heteroatoms. The molecule has 0 saturated carbocycles. The van der Waals surface area contributed by atoms with Crippen LogP contribution in [0.1, 0.15) is 18.1 Å². The molecule has 0 radical (unpaired) electrons. The van der Waals surface area contributed by atoms with E-state index in [1.165, 1.54) is 5.56 Å². The normalized spacial score (nSPS) is 14.4. The summed E-state index contributed by atoms with van der Waals surface area (Å²) in [4.78, 5) is 14.2. The number of anilines is 1. The molecule has 1 fully saturated rings. The van der Waals surface area contributed by atoms with Crippen LogP contribution in [-0.2, 0) is 13.0 Å². The Hall–Kier alpha value is -2.27. The van der Waals surface area contributed by atoms with Gasteiger partial charge in [0.2, 0.25) is 0 Å². The molecular weight excluding hydrogens is 531 g/mol. The van der Waals surface area contributed by atoms with Crippen LogP contribution in [0, 0.1) is 0 Å². The number of nitrogens with zero attached hydrogens (tertiary/aromatic N) is 4. The van der Waals surface area contributed by atoms with E-state index in [4.69, 9.17) is 14.5 Å². The number of nitrogens with one attached hydrogen (secondary N) is 2. The van der Waals surface area contributed by atoms with Crippen LogP contribution in [0.15, 0.2) is 41.5 Å². The van der Waals surface area contributed by atoms with Gasteiger partial charge < -0.3 is 29.9 Å². The molecule has 1 aromatic heterocycles. The second-order valence-electron chi connectivity index (χ2n) is 7.84. The highest BCUT2D eigenvalue weighted by Crippen LogP contribution is 2.27. The van der Waals surface area contributed by atoms with Crippen molar-refractivity contribution in [2.24, 2.45) is 4.99 Å². The maximum absolute atomic E-state index is 5.40. The molecule has 1 saturated heterocycles. The minimum absolute atomic E-state index is 0. The number of likely N-dealkylation sites (N-methyl/N-ethyl adjacent to an activating group) is 1. The van der Waals surface area contributed by atoms with E-state index >= 15 is 0 Å². The zero-order valence-corrected chi connectivity index (χ0v) is 22.5. The van der Waals surface area contributed by atoms with Crippen molar-refractivity contribution in [2.45, 2.75) is 19.9 Å². The Bertz CT molecular complexity index is 887. The summed E-state index contributed by atoms with van der Waals surface area (Å²) in [6.45, 7) is 8.33. The lowest BCUT2D eigenvalue weighted by Crippen LogP contribution is -2.45. The number of aliphatic imine (C=N–C) groups is 1. The fourth-order valence-electron chi connectivity index (χ4n) is 3.72. The third kappa shape index (κ3) is 7.92. The maximum atomic E-state index is 5.40. The Morgan fingerprint density at radius 3 is 2.52 bits per heavy atom. The molecule has 8 nitrogen and oxygen atoms in total. The summed E-state index contributed by atoms with van der Waals surface area (Å²) in [5.74, 6) is 3.34. The van der Waals surface area contributed by atoms with E-state index in [1.54, 1.807) is 14.2 Å². The summed E-state index contributed by atoms with van der Waals surface area (Å²) in [7, 11) is 5.47. The molecule has 0 unspecified atom stereocenters. The number of hydrogen-bond acceptors (Lipinski definition) is 6. The van der Waals surface area contributed by atoms with Crippen molar-refractivity contribution in [1.82, 2.24) is 20.5 Å². The van der Waals surface area contributed by atoms with Gasteiger partial charge in [-0.2, -0.15) is 0 Å². The van der Waals surface area contributed by atoms with Gasteiger partial charge in [-0.25, -0.2) is 9.98 Å². The highest BCUT2D eigenvalue weighted by atomic mass is 127. The summed E-state index contributed by atoms with van der Waals surface area (Å²) in [6, 6.07) is 10.1. The van der Waals surface area contributed by atoms with Gasteiger partial charge in [-0.3, -0.25) is 0 Å². The summed E-state index contributed by atoms with van der Waals surface area (Å²) in [6.07, 6.45) is 2.72. The average Bonchev–Trinajstić information content (AvgIpc) is 2.83. The lowest BCUT2D eigenvalue weighted by Gasteiger charge is -2.34. The summed E-state index contributed by atoms with van der Waals surface area (Å²) in [5.41, 5.74) is 2.32. The molecule has 33 heavy (non-hydrogen) atoms. The van der Waals surface area contributed by atoms with Crippen molar-refractivity contribution in [3.63, 3.8) is 0 Å². The second kappa shape index (κ2) is 14.1. The molecule has 0 amide bonds. The predicted octanol–water partition coefficient (Wildman–Crippen LogP) is 2.77. The average molecular weight is 569 g/mol. The van der Waals surface area contributed by atoms with Gasteiger partial charge in [0.1, 0.15) is 5.82 Å². The number of methoxy groups -OCH3 is 2. The number of halogens is 1. The van der Waals surface area contributed by atoms with Gasteiger partial charge in [0.15, 0.2) is 17.5 Å². The Morgan fingerprint density at radius 1 is 1.06 bits per heavy atom. The maximum Gasteiger partial charge on any atom is 0.191 e. The molecule has 1 aromatic carbocycles. The SMILES string of the molecule is CCNC(=NCc1cccnc1N1CCN(C)CC1)NCCc1ccc(OC)c(OC)c1.I. The van der Waals surface area contributed by atoms with Crippen LogP contribution in [0.25, 0.3) is 0 Å². The third-order valence-corrected chi connectivity index (χ3v) is 5.58. The Balaban J connectivity index is 0.00000385. The standard InChI is InChI=1S/C24H36N6O2.HI/c1-5-25-24(27-12-10-19-8-9-21(31-3)22(17-19)32-4)28-18-20-7-6-11-26-23(20)30-15-13-29(2)14-16-30;/h6-9,11,17H,5,10,12-16,18H2,1-4H3,(H2,25,27,28);1H. The van der Waals surface area contributed by atoms with Crippen LogP contribution in [0.4, 0.5) is 5.82 Å². The molecule has 2 aromatic rings. The minimum Gasteiger partial charge on any atom is -0.493 e. The van der Waals surface area contributed by atoms with Gasteiger partial charge in [0, 0.05) is 51.0 Å². The van der Waals surface area contributed by atoms with Crippen molar-refractivity contribution in [2.75, 3.05) is 65.4 Å². The van der Waals surface area contributed by atoms with E-state index in [0.717, 1.165) is 74.5 Å². The van der Waals surface area contributed by atoms with Crippen LogP contribution in [-0.4, -0.2) is 76.4 Å². The monoisotopic (exact) mass is 568 g/mol. The fraction of sp³-hybridized carbons (Fsp3) is 0.500.